The van der Waals surface area contributed by atoms with Crippen molar-refractivity contribution in [3.8, 4) is 0 Å². The second kappa shape index (κ2) is 3.29. The summed E-state index contributed by atoms with van der Waals surface area (Å²) in [5.41, 5.74) is 0.566. The van der Waals surface area contributed by atoms with Crippen LogP contribution in [0.25, 0.3) is 0 Å². The maximum Gasteiger partial charge on any atom is -0.0309 e. The Kier molecular flexibility index (Phi) is 2.42. The quantitative estimate of drug-likeness (QED) is 0.523. The average Bonchev–Trinajstić information content (AvgIpc) is 2.01. The van der Waals surface area contributed by atoms with Crippen molar-refractivity contribution in [2.24, 2.45) is 23.2 Å². The van der Waals surface area contributed by atoms with E-state index >= 15 is 0 Å². The van der Waals surface area contributed by atoms with Gasteiger partial charge in [0.15, 0.2) is 0 Å². The Morgan fingerprint density at radius 1 is 0.769 bits per heavy atom. The summed E-state index contributed by atoms with van der Waals surface area (Å²) in [5, 5.41) is 0. The predicted octanol–water partition coefficient (Wildman–Crippen LogP) is 4.25. The van der Waals surface area contributed by atoms with E-state index in [1.165, 1.54) is 38.5 Å². The van der Waals surface area contributed by atoms with Gasteiger partial charge in [-0.25, -0.2) is 0 Å². The van der Waals surface area contributed by atoms with Crippen LogP contribution in [0, 0.1) is 23.2 Å². The van der Waals surface area contributed by atoms with Crippen LogP contribution in [0.1, 0.15) is 59.3 Å². The van der Waals surface area contributed by atoms with E-state index in [1.807, 2.05) is 0 Å². The Hall–Kier alpha value is 0. The molecule has 2 fully saturated rings. The van der Waals surface area contributed by atoms with Gasteiger partial charge in [-0.3, -0.25) is 0 Å². The summed E-state index contributed by atoms with van der Waals surface area (Å²) in [5.74, 6) is 3.19. The number of hydrogen-bond donors (Lipinski definition) is 0. The highest BCUT2D eigenvalue weighted by Gasteiger charge is 2.42. The summed E-state index contributed by atoms with van der Waals surface area (Å²) >= 11 is 0. The zero-order valence-corrected chi connectivity index (χ0v) is 9.47. The first-order valence-electron chi connectivity index (χ1n) is 6.09. The van der Waals surface area contributed by atoms with Gasteiger partial charge in [-0.2, -0.15) is 0 Å². The van der Waals surface area contributed by atoms with Crippen molar-refractivity contribution in [1.29, 1.82) is 0 Å². The highest BCUT2D eigenvalue weighted by Crippen LogP contribution is 2.51. The van der Waals surface area contributed by atoms with Crippen molar-refractivity contribution in [1.82, 2.24) is 0 Å². The van der Waals surface area contributed by atoms with Crippen molar-refractivity contribution >= 4 is 0 Å². The van der Waals surface area contributed by atoms with E-state index in [0.717, 1.165) is 17.8 Å². The highest BCUT2D eigenvalue weighted by atomic mass is 14.5. The molecule has 2 aliphatic rings. The molecule has 13 heavy (non-hydrogen) atoms. The molecule has 0 aromatic rings. The summed E-state index contributed by atoms with van der Waals surface area (Å²) in [6.45, 7) is 7.36. The molecule has 0 heteroatoms. The Balaban J connectivity index is 2.15. The zero-order valence-electron chi connectivity index (χ0n) is 9.47. The van der Waals surface area contributed by atoms with E-state index in [-0.39, 0.29) is 0 Å². The van der Waals surface area contributed by atoms with Crippen LogP contribution < -0.4 is 0 Å². The lowest BCUT2D eigenvalue weighted by atomic mass is 9.56. The van der Waals surface area contributed by atoms with E-state index in [4.69, 9.17) is 0 Å². The first kappa shape index (κ1) is 9.55. The standard InChI is InChI=1S/C13H24/c1-13(2,3)12-10-6-4-7-11(12)9-5-8-10/h10-12H,4-9H2,1-3H3. The number of hydrogen-bond acceptors (Lipinski definition) is 0. The fraction of sp³-hybridized carbons (Fsp3) is 1.00. The van der Waals surface area contributed by atoms with Gasteiger partial charge in [0.25, 0.3) is 0 Å². The fourth-order valence-corrected chi connectivity index (χ4v) is 4.09. The Morgan fingerprint density at radius 3 is 1.38 bits per heavy atom. The lowest BCUT2D eigenvalue weighted by Crippen LogP contribution is -2.40. The summed E-state index contributed by atoms with van der Waals surface area (Å²) in [6, 6.07) is 0. The van der Waals surface area contributed by atoms with E-state index in [1.54, 1.807) is 0 Å². The van der Waals surface area contributed by atoms with Gasteiger partial charge in [-0.1, -0.05) is 59.3 Å². The third-order valence-electron chi connectivity index (χ3n) is 4.32. The van der Waals surface area contributed by atoms with Gasteiger partial charge < -0.3 is 0 Å². The molecule has 0 N–H and O–H groups in total. The van der Waals surface area contributed by atoms with Gasteiger partial charge >= 0.3 is 0 Å². The molecule has 0 aromatic carbocycles. The molecular formula is C13H24. The Bertz CT molecular complexity index is 153. The van der Waals surface area contributed by atoms with Crippen molar-refractivity contribution < 1.29 is 0 Å². The zero-order chi connectivity index (χ0) is 9.47. The predicted molar refractivity (Wildman–Crippen MR) is 57.6 cm³/mol. The van der Waals surface area contributed by atoms with Crippen LogP contribution in [0.15, 0.2) is 0 Å². The molecule has 0 spiro atoms. The maximum absolute atomic E-state index is 2.45. The fourth-order valence-electron chi connectivity index (χ4n) is 4.09. The number of rotatable bonds is 0. The molecule has 0 amide bonds. The van der Waals surface area contributed by atoms with Crippen LogP contribution in [-0.4, -0.2) is 0 Å². The van der Waals surface area contributed by atoms with Gasteiger partial charge in [-0.15, -0.1) is 0 Å². The Morgan fingerprint density at radius 2 is 1.15 bits per heavy atom. The molecule has 2 aliphatic carbocycles. The third-order valence-corrected chi connectivity index (χ3v) is 4.32. The molecule has 0 nitrogen and oxygen atoms in total. The molecule has 0 aliphatic heterocycles. The van der Waals surface area contributed by atoms with Crippen LogP contribution in [0.4, 0.5) is 0 Å². The molecule has 0 heterocycles. The van der Waals surface area contributed by atoms with Crippen molar-refractivity contribution in [2.45, 2.75) is 59.3 Å². The normalized spacial score (nSPS) is 40.4. The van der Waals surface area contributed by atoms with Crippen molar-refractivity contribution in [3.05, 3.63) is 0 Å². The Labute approximate surface area is 83.1 Å². The molecular weight excluding hydrogens is 156 g/mol. The largest absolute Gasteiger partial charge is 0.0599 e. The molecule has 2 rings (SSSR count). The monoisotopic (exact) mass is 180 g/mol. The molecule has 0 atom stereocenters. The van der Waals surface area contributed by atoms with Gasteiger partial charge in [0.05, 0.1) is 0 Å². The van der Waals surface area contributed by atoms with Crippen LogP contribution in [0.5, 0.6) is 0 Å². The lowest BCUT2D eigenvalue weighted by molar-refractivity contribution is 0.00939. The molecule has 0 saturated heterocycles. The molecule has 0 aromatic heterocycles. The van der Waals surface area contributed by atoms with Gasteiger partial charge in [0.2, 0.25) is 0 Å². The van der Waals surface area contributed by atoms with Crippen molar-refractivity contribution in [3.63, 3.8) is 0 Å². The smallest absolute Gasteiger partial charge is 0.0309 e. The SMILES string of the molecule is CC(C)(C)C1C2CCCC1CCC2. The van der Waals surface area contributed by atoms with E-state index in [2.05, 4.69) is 20.8 Å². The molecule has 76 valence electrons. The minimum absolute atomic E-state index is 0.566. The minimum Gasteiger partial charge on any atom is -0.0599 e. The summed E-state index contributed by atoms with van der Waals surface area (Å²) < 4.78 is 0. The minimum atomic E-state index is 0.566. The second-order valence-corrected chi connectivity index (χ2v) is 6.27. The first-order valence-corrected chi connectivity index (χ1v) is 6.09. The van der Waals surface area contributed by atoms with Gasteiger partial charge in [-0.05, 0) is 23.2 Å². The highest BCUT2D eigenvalue weighted by molar-refractivity contribution is 4.92. The third kappa shape index (κ3) is 1.78. The molecule has 2 bridgehead atoms. The molecule has 2 saturated carbocycles. The summed E-state index contributed by atoms with van der Waals surface area (Å²) in [7, 11) is 0. The molecule has 0 radical (unpaired) electrons. The number of fused-ring (bicyclic) bond motifs is 2. The van der Waals surface area contributed by atoms with Crippen LogP contribution in [-0.2, 0) is 0 Å². The van der Waals surface area contributed by atoms with Gasteiger partial charge in [0, 0.05) is 0 Å². The summed E-state index contributed by atoms with van der Waals surface area (Å²) in [6.07, 6.45) is 9.14. The van der Waals surface area contributed by atoms with Crippen LogP contribution in [0.2, 0.25) is 0 Å². The second-order valence-electron chi connectivity index (χ2n) is 6.27. The van der Waals surface area contributed by atoms with E-state index in [0.29, 0.717) is 5.41 Å². The van der Waals surface area contributed by atoms with E-state index in [9.17, 15) is 0 Å². The van der Waals surface area contributed by atoms with Crippen molar-refractivity contribution in [2.75, 3.05) is 0 Å². The first-order chi connectivity index (χ1) is 6.09. The molecule has 0 unspecified atom stereocenters. The van der Waals surface area contributed by atoms with Gasteiger partial charge in [0.1, 0.15) is 0 Å². The average molecular weight is 180 g/mol. The lowest BCUT2D eigenvalue weighted by Gasteiger charge is -2.49. The maximum atomic E-state index is 2.45. The van der Waals surface area contributed by atoms with Crippen LogP contribution >= 0.6 is 0 Å². The van der Waals surface area contributed by atoms with Crippen LogP contribution in [0.3, 0.4) is 0 Å². The summed E-state index contributed by atoms with van der Waals surface area (Å²) in [4.78, 5) is 0. The van der Waals surface area contributed by atoms with E-state index < -0.39 is 0 Å². The topological polar surface area (TPSA) is 0 Å².